The standard InChI is InChI=1S/C18H26N2O/c1-3-8-18(21)20-14-13-19(15-16(20)2)12-7-11-17-9-5-4-6-10-17/h4-7,9-11,16H,3,8,12-15H2,1-2H3. The van der Waals surface area contributed by atoms with Gasteiger partial charge in [0, 0.05) is 38.6 Å². The van der Waals surface area contributed by atoms with Crippen molar-refractivity contribution in [1.82, 2.24) is 9.80 Å². The van der Waals surface area contributed by atoms with E-state index in [1.54, 1.807) is 0 Å². The van der Waals surface area contributed by atoms with Crippen LogP contribution in [-0.4, -0.2) is 47.9 Å². The topological polar surface area (TPSA) is 23.6 Å². The second-order valence-electron chi connectivity index (χ2n) is 5.76. The normalized spacial score (nSPS) is 20.1. The summed E-state index contributed by atoms with van der Waals surface area (Å²) in [6.45, 7) is 7.97. The zero-order valence-electron chi connectivity index (χ0n) is 13.2. The highest BCUT2D eigenvalue weighted by atomic mass is 16.2. The molecule has 21 heavy (non-hydrogen) atoms. The Balaban J connectivity index is 1.80. The predicted octanol–water partition coefficient (Wildman–Crippen LogP) is 3.03. The zero-order chi connectivity index (χ0) is 15.1. The Morgan fingerprint density at radius 2 is 2.05 bits per heavy atom. The molecule has 1 amide bonds. The summed E-state index contributed by atoms with van der Waals surface area (Å²) in [4.78, 5) is 16.5. The average Bonchev–Trinajstić information content (AvgIpc) is 2.48. The fourth-order valence-electron chi connectivity index (χ4n) is 2.83. The van der Waals surface area contributed by atoms with Crippen molar-refractivity contribution in [3.63, 3.8) is 0 Å². The maximum Gasteiger partial charge on any atom is 0.222 e. The molecule has 114 valence electrons. The number of hydrogen-bond acceptors (Lipinski definition) is 2. The molecule has 1 heterocycles. The Labute approximate surface area is 128 Å². The maximum atomic E-state index is 12.0. The summed E-state index contributed by atoms with van der Waals surface area (Å²) < 4.78 is 0. The molecule has 0 aromatic heterocycles. The lowest BCUT2D eigenvalue weighted by atomic mass is 10.1. The van der Waals surface area contributed by atoms with E-state index in [1.165, 1.54) is 5.56 Å². The molecular formula is C18H26N2O. The van der Waals surface area contributed by atoms with E-state index in [0.29, 0.717) is 18.4 Å². The first-order chi connectivity index (χ1) is 10.2. The van der Waals surface area contributed by atoms with Crippen molar-refractivity contribution in [3.8, 4) is 0 Å². The van der Waals surface area contributed by atoms with E-state index < -0.39 is 0 Å². The summed E-state index contributed by atoms with van der Waals surface area (Å²) in [5.74, 6) is 0.310. The van der Waals surface area contributed by atoms with E-state index in [0.717, 1.165) is 32.6 Å². The summed E-state index contributed by atoms with van der Waals surface area (Å²) in [6.07, 6.45) is 5.99. The van der Waals surface area contributed by atoms with Crippen LogP contribution < -0.4 is 0 Å². The number of hydrogen-bond donors (Lipinski definition) is 0. The molecule has 1 unspecified atom stereocenters. The predicted molar refractivity (Wildman–Crippen MR) is 88.0 cm³/mol. The third kappa shape index (κ3) is 4.71. The second kappa shape index (κ2) is 7.99. The molecule has 1 fully saturated rings. The molecule has 3 nitrogen and oxygen atoms in total. The Bertz CT molecular complexity index is 469. The van der Waals surface area contributed by atoms with Gasteiger partial charge in [-0.15, -0.1) is 0 Å². The van der Waals surface area contributed by atoms with Crippen molar-refractivity contribution < 1.29 is 4.79 Å². The first-order valence-corrected chi connectivity index (χ1v) is 7.94. The summed E-state index contributed by atoms with van der Waals surface area (Å²) >= 11 is 0. The molecule has 0 radical (unpaired) electrons. The van der Waals surface area contributed by atoms with Crippen molar-refractivity contribution in [2.24, 2.45) is 0 Å². The third-order valence-electron chi connectivity index (χ3n) is 3.97. The maximum absolute atomic E-state index is 12.0. The van der Waals surface area contributed by atoms with Crippen molar-refractivity contribution >= 4 is 12.0 Å². The lowest BCUT2D eigenvalue weighted by Gasteiger charge is -2.39. The van der Waals surface area contributed by atoms with Gasteiger partial charge in [0.15, 0.2) is 0 Å². The molecule has 0 bridgehead atoms. The largest absolute Gasteiger partial charge is 0.337 e. The van der Waals surface area contributed by atoms with Crippen LogP contribution in [0.1, 0.15) is 32.3 Å². The van der Waals surface area contributed by atoms with Gasteiger partial charge in [-0.2, -0.15) is 0 Å². The molecular weight excluding hydrogens is 260 g/mol. The molecule has 0 saturated carbocycles. The third-order valence-corrected chi connectivity index (χ3v) is 3.97. The molecule has 1 aliphatic heterocycles. The fraction of sp³-hybridized carbons (Fsp3) is 0.500. The van der Waals surface area contributed by atoms with Gasteiger partial charge < -0.3 is 4.90 Å². The molecule has 3 heteroatoms. The Morgan fingerprint density at radius 3 is 2.71 bits per heavy atom. The van der Waals surface area contributed by atoms with Crippen LogP contribution >= 0.6 is 0 Å². The van der Waals surface area contributed by atoms with Crippen molar-refractivity contribution in [2.75, 3.05) is 26.2 Å². The van der Waals surface area contributed by atoms with Crippen LogP contribution in [0.4, 0.5) is 0 Å². The van der Waals surface area contributed by atoms with Crippen LogP contribution in [-0.2, 0) is 4.79 Å². The first-order valence-electron chi connectivity index (χ1n) is 7.94. The molecule has 1 aromatic carbocycles. The first kappa shape index (κ1) is 15.8. The Hall–Kier alpha value is -1.61. The quantitative estimate of drug-likeness (QED) is 0.830. The van der Waals surface area contributed by atoms with E-state index in [1.807, 2.05) is 11.0 Å². The van der Waals surface area contributed by atoms with Crippen LogP contribution in [0, 0.1) is 0 Å². The molecule has 1 aromatic rings. The highest BCUT2D eigenvalue weighted by Gasteiger charge is 2.25. The lowest BCUT2D eigenvalue weighted by Crippen LogP contribution is -2.53. The monoisotopic (exact) mass is 286 g/mol. The van der Waals surface area contributed by atoms with Gasteiger partial charge >= 0.3 is 0 Å². The lowest BCUT2D eigenvalue weighted by molar-refractivity contribution is -0.135. The minimum absolute atomic E-state index is 0.310. The minimum Gasteiger partial charge on any atom is -0.337 e. The van der Waals surface area contributed by atoms with Crippen molar-refractivity contribution in [3.05, 3.63) is 42.0 Å². The van der Waals surface area contributed by atoms with E-state index in [9.17, 15) is 4.79 Å². The molecule has 0 aliphatic carbocycles. The summed E-state index contributed by atoms with van der Waals surface area (Å²) in [6, 6.07) is 10.7. The van der Waals surface area contributed by atoms with E-state index >= 15 is 0 Å². The van der Waals surface area contributed by atoms with Crippen LogP contribution in [0.15, 0.2) is 36.4 Å². The average molecular weight is 286 g/mol. The molecule has 0 N–H and O–H groups in total. The van der Waals surface area contributed by atoms with E-state index in [2.05, 4.69) is 55.2 Å². The number of piperazine rings is 1. The van der Waals surface area contributed by atoms with Crippen molar-refractivity contribution in [1.29, 1.82) is 0 Å². The molecule has 1 saturated heterocycles. The number of carbonyl (C=O) groups is 1. The fourth-order valence-corrected chi connectivity index (χ4v) is 2.83. The van der Waals surface area contributed by atoms with Crippen molar-refractivity contribution in [2.45, 2.75) is 32.7 Å². The number of rotatable bonds is 5. The molecule has 1 atom stereocenters. The number of benzene rings is 1. The van der Waals surface area contributed by atoms with Gasteiger partial charge in [-0.1, -0.05) is 49.4 Å². The summed E-state index contributed by atoms with van der Waals surface area (Å²) in [7, 11) is 0. The smallest absolute Gasteiger partial charge is 0.222 e. The van der Waals surface area contributed by atoms with Gasteiger partial charge in [-0.25, -0.2) is 0 Å². The number of nitrogens with zero attached hydrogens (tertiary/aromatic N) is 2. The van der Waals surface area contributed by atoms with Crippen LogP contribution in [0.5, 0.6) is 0 Å². The highest BCUT2D eigenvalue weighted by Crippen LogP contribution is 2.12. The van der Waals surface area contributed by atoms with Crippen LogP contribution in [0.25, 0.3) is 6.08 Å². The van der Waals surface area contributed by atoms with Gasteiger partial charge in [0.1, 0.15) is 0 Å². The molecule has 0 spiro atoms. The number of carbonyl (C=O) groups excluding carboxylic acids is 1. The summed E-state index contributed by atoms with van der Waals surface area (Å²) in [5.41, 5.74) is 1.24. The van der Waals surface area contributed by atoms with Crippen LogP contribution in [0.3, 0.4) is 0 Å². The Morgan fingerprint density at radius 1 is 1.29 bits per heavy atom. The number of amides is 1. The van der Waals surface area contributed by atoms with E-state index in [4.69, 9.17) is 0 Å². The Kier molecular flexibility index (Phi) is 6.00. The van der Waals surface area contributed by atoms with Gasteiger partial charge in [0.05, 0.1) is 0 Å². The van der Waals surface area contributed by atoms with Gasteiger partial charge in [0.2, 0.25) is 5.91 Å². The molecule has 1 aliphatic rings. The minimum atomic E-state index is 0.310. The van der Waals surface area contributed by atoms with Gasteiger partial charge in [-0.05, 0) is 18.9 Å². The molecule has 2 rings (SSSR count). The second-order valence-corrected chi connectivity index (χ2v) is 5.76. The van der Waals surface area contributed by atoms with Gasteiger partial charge in [0.25, 0.3) is 0 Å². The van der Waals surface area contributed by atoms with Gasteiger partial charge in [-0.3, -0.25) is 9.69 Å². The van der Waals surface area contributed by atoms with E-state index in [-0.39, 0.29) is 0 Å². The highest BCUT2D eigenvalue weighted by molar-refractivity contribution is 5.76. The SMILES string of the molecule is CCCC(=O)N1CCN(CC=Cc2ccccc2)CC1C. The summed E-state index contributed by atoms with van der Waals surface area (Å²) in [5, 5.41) is 0. The zero-order valence-corrected chi connectivity index (χ0v) is 13.2. The van der Waals surface area contributed by atoms with Crippen LogP contribution in [0.2, 0.25) is 0 Å².